The van der Waals surface area contributed by atoms with E-state index in [4.69, 9.17) is 17.3 Å². The molecule has 0 radical (unpaired) electrons. The standard InChI is InChI=1S/C15H22ClFN2/c1-2-19(15-5-3-4-12(15)9-18)10-11-6-7-14(17)13(16)8-11/h6-8,12,15H,2-5,9-10,18H2,1H3. The molecule has 2 nitrogen and oxygen atoms in total. The molecule has 19 heavy (non-hydrogen) atoms. The second-order valence-electron chi connectivity index (χ2n) is 5.31. The molecule has 1 aromatic rings. The molecule has 0 heterocycles. The molecule has 0 aromatic heterocycles. The highest BCUT2D eigenvalue weighted by Crippen LogP contribution is 2.30. The molecule has 0 spiro atoms. The fourth-order valence-corrected chi connectivity index (χ4v) is 3.31. The largest absolute Gasteiger partial charge is 0.330 e. The Bertz CT molecular complexity index is 425. The van der Waals surface area contributed by atoms with Gasteiger partial charge in [0.25, 0.3) is 0 Å². The Balaban J connectivity index is 2.08. The molecule has 1 aromatic carbocycles. The summed E-state index contributed by atoms with van der Waals surface area (Å²) in [5.41, 5.74) is 6.92. The van der Waals surface area contributed by atoms with Gasteiger partial charge in [-0.25, -0.2) is 4.39 Å². The Morgan fingerprint density at radius 1 is 1.42 bits per heavy atom. The summed E-state index contributed by atoms with van der Waals surface area (Å²) < 4.78 is 13.2. The first kappa shape index (κ1) is 14.8. The van der Waals surface area contributed by atoms with Crippen molar-refractivity contribution in [2.75, 3.05) is 13.1 Å². The molecular weight excluding hydrogens is 263 g/mol. The van der Waals surface area contributed by atoms with Crippen molar-refractivity contribution >= 4 is 11.6 Å². The zero-order valence-electron chi connectivity index (χ0n) is 11.4. The van der Waals surface area contributed by atoms with Crippen molar-refractivity contribution in [2.24, 2.45) is 11.7 Å². The van der Waals surface area contributed by atoms with Crippen LogP contribution in [-0.2, 0) is 6.54 Å². The lowest BCUT2D eigenvalue weighted by molar-refractivity contribution is 0.162. The third-order valence-electron chi connectivity index (χ3n) is 4.17. The number of hydrogen-bond donors (Lipinski definition) is 1. The first-order valence-electron chi connectivity index (χ1n) is 7.03. The summed E-state index contributed by atoms with van der Waals surface area (Å²) in [7, 11) is 0. The van der Waals surface area contributed by atoms with Crippen molar-refractivity contribution in [1.29, 1.82) is 0 Å². The first-order chi connectivity index (χ1) is 9.15. The third kappa shape index (κ3) is 3.47. The van der Waals surface area contributed by atoms with Crippen molar-refractivity contribution in [3.63, 3.8) is 0 Å². The van der Waals surface area contributed by atoms with Gasteiger partial charge in [0.05, 0.1) is 5.02 Å². The van der Waals surface area contributed by atoms with Crippen LogP contribution in [0.15, 0.2) is 18.2 Å². The number of nitrogens with two attached hydrogens (primary N) is 1. The van der Waals surface area contributed by atoms with Gasteiger partial charge < -0.3 is 5.73 Å². The maximum absolute atomic E-state index is 13.2. The second kappa shape index (κ2) is 6.69. The highest BCUT2D eigenvalue weighted by molar-refractivity contribution is 6.30. The first-order valence-corrected chi connectivity index (χ1v) is 7.41. The molecule has 0 bridgehead atoms. The molecule has 1 aliphatic carbocycles. The summed E-state index contributed by atoms with van der Waals surface area (Å²) in [5.74, 6) is 0.241. The van der Waals surface area contributed by atoms with Crippen LogP contribution in [0.1, 0.15) is 31.7 Å². The zero-order chi connectivity index (χ0) is 13.8. The van der Waals surface area contributed by atoms with Crippen molar-refractivity contribution in [3.05, 3.63) is 34.6 Å². The lowest BCUT2D eigenvalue weighted by Crippen LogP contribution is -2.39. The van der Waals surface area contributed by atoms with E-state index in [1.807, 2.05) is 6.07 Å². The van der Waals surface area contributed by atoms with Crippen LogP contribution in [0.4, 0.5) is 4.39 Å². The molecule has 2 unspecified atom stereocenters. The molecule has 1 saturated carbocycles. The Morgan fingerprint density at radius 2 is 2.21 bits per heavy atom. The summed E-state index contributed by atoms with van der Waals surface area (Å²) in [6, 6.07) is 5.54. The van der Waals surface area contributed by atoms with E-state index in [9.17, 15) is 4.39 Å². The fourth-order valence-electron chi connectivity index (χ4n) is 3.11. The SMILES string of the molecule is CCN(Cc1ccc(F)c(Cl)c1)C1CCCC1CN. The quantitative estimate of drug-likeness (QED) is 0.898. The lowest BCUT2D eigenvalue weighted by Gasteiger charge is -2.31. The van der Waals surface area contributed by atoms with Crippen LogP contribution in [0.25, 0.3) is 0 Å². The lowest BCUT2D eigenvalue weighted by atomic mass is 10.0. The molecule has 0 saturated heterocycles. The molecule has 1 aliphatic rings. The average molecular weight is 285 g/mol. The van der Waals surface area contributed by atoms with E-state index in [0.29, 0.717) is 12.0 Å². The molecule has 0 aliphatic heterocycles. The third-order valence-corrected chi connectivity index (χ3v) is 4.46. The Labute approximate surface area is 119 Å². The van der Waals surface area contributed by atoms with Crippen molar-refractivity contribution < 1.29 is 4.39 Å². The van der Waals surface area contributed by atoms with Crippen molar-refractivity contribution in [2.45, 2.75) is 38.8 Å². The van der Waals surface area contributed by atoms with Gasteiger partial charge in [0.1, 0.15) is 5.82 Å². The van der Waals surface area contributed by atoms with E-state index in [0.717, 1.165) is 25.2 Å². The summed E-state index contributed by atoms with van der Waals surface area (Å²) in [6.07, 6.45) is 3.69. The van der Waals surface area contributed by atoms with Crippen LogP contribution in [0.5, 0.6) is 0 Å². The van der Waals surface area contributed by atoms with Gasteiger partial charge in [-0.3, -0.25) is 4.90 Å². The summed E-state index contributed by atoms with van der Waals surface area (Å²) in [4.78, 5) is 2.44. The highest BCUT2D eigenvalue weighted by Gasteiger charge is 2.30. The molecule has 2 atom stereocenters. The minimum absolute atomic E-state index is 0.204. The van der Waals surface area contributed by atoms with Gasteiger partial charge in [0.2, 0.25) is 0 Å². The smallest absolute Gasteiger partial charge is 0.141 e. The zero-order valence-corrected chi connectivity index (χ0v) is 12.2. The highest BCUT2D eigenvalue weighted by atomic mass is 35.5. The summed E-state index contributed by atoms with van der Waals surface area (Å²) in [5, 5.41) is 0.204. The summed E-state index contributed by atoms with van der Waals surface area (Å²) >= 11 is 5.84. The van der Waals surface area contributed by atoms with Crippen LogP contribution in [-0.4, -0.2) is 24.0 Å². The molecule has 2 N–H and O–H groups in total. The Hall–Kier alpha value is -0.640. The van der Waals surface area contributed by atoms with E-state index in [-0.39, 0.29) is 10.8 Å². The van der Waals surface area contributed by atoms with E-state index in [1.54, 1.807) is 6.07 Å². The van der Waals surface area contributed by atoms with E-state index in [1.165, 1.54) is 25.3 Å². The number of benzene rings is 1. The monoisotopic (exact) mass is 284 g/mol. The number of halogens is 2. The molecule has 106 valence electrons. The number of rotatable bonds is 5. The van der Waals surface area contributed by atoms with Crippen LogP contribution < -0.4 is 5.73 Å². The van der Waals surface area contributed by atoms with Crippen molar-refractivity contribution in [1.82, 2.24) is 4.90 Å². The van der Waals surface area contributed by atoms with Crippen LogP contribution in [0.2, 0.25) is 5.02 Å². The topological polar surface area (TPSA) is 29.3 Å². The van der Waals surface area contributed by atoms with E-state index >= 15 is 0 Å². The fraction of sp³-hybridized carbons (Fsp3) is 0.600. The van der Waals surface area contributed by atoms with Crippen LogP contribution in [0, 0.1) is 11.7 Å². The molecule has 2 rings (SSSR count). The molecular formula is C15H22ClFN2. The second-order valence-corrected chi connectivity index (χ2v) is 5.71. The van der Waals surface area contributed by atoms with Crippen molar-refractivity contribution in [3.8, 4) is 0 Å². The van der Waals surface area contributed by atoms with Gasteiger partial charge in [-0.05, 0) is 49.5 Å². The van der Waals surface area contributed by atoms with Gasteiger partial charge in [0, 0.05) is 12.6 Å². The maximum atomic E-state index is 13.2. The predicted octanol–water partition coefficient (Wildman–Crippen LogP) is 3.43. The normalized spacial score (nSPS) is 23.2. The molecule has 1 fully saturated rings. The predicted molar refractivity (Wildman–Crippen MR) is 77.7 cm³/mol. The number of nitrogens with zero attached hydrogens (tertiary/aromatic N) is 1. The Kier molecular flexibility index (Phi) is 5.20. The van der Waals surface area contributed by atoms with Gasteiger partial charge in [0.15, 0.2) is 0 Å². The van der Waals surface area contributed by atoms with Gasteiger partial charge in [-0.1, -0.05) is 31.0 Å². The molecule has 4 heteroatoms. The molecule has 0 amide bonds. The minimum atomic E-state index is -0.353. The Morgan fingerprint density at radius 3 is 2.84 bits per heavy atom. The maximum Gasteiger partial charge on any atom is 0.141 e. The van der Waals surface area contributed by atoms with Crippen LogP contribution >= 0.6 is 11.6 Å². The van der Waals surface area contributed by atoms with Crippen LogP contribution in [0.3, 0.4) is 0 Å². The van der Waals surface area contributed by atoms with E-state index in [2.05, 4.69) is 11.8 Å². The number of hydrogen-bond acceptors (Lipinski definition) is 2. The average Bonchev–Trinajstić information content (AvgIpc) is 2.88. The van der Waals surface area contributed by atoms with Gasteiger partial charge >= 0.3 is 0 Å². The van der Waals surface area contributed by atoms with Gasteiger partial charge in [-0.15, -0.1) is 0 Å². The summed E-state index contributed by atoms with van der Waals surface area (Å²) in [6.45, 7) is 4.72. The van der Waals surface area contributed by atoms with E-state index < -0.39 is 0 Å². The van der Waals surface area contributed by atoms with Gasteiger partial charge in [-0.2, -0.15) is 0 Å². The minimum Gasteiger partial charge on any atom is -0.330 e.